The first kappa shape index (κ1) is 20.9. The summed E-state index contributed by atoms with van der Waals surface area (Å²) in [4.78, 5) is 27.4. The van der Waals surface area contributed by atoms with Crippen LogP contribution in [0.5, 0.6) is 0 Å². The van der Waals surface area contributed by atoms with Crippen LogP contribution in [0.15, 0.2) is 10.6 Å². The minimum absolute atomic E-state index is 0.121. The summed E-state index contributed by atoms with van der Waals surface area (Å²) in [6, 6.07) is 0. The van der Waals surface area contributed by atoms with E-state index in [0.29, 0.717) is 11.5 Å². The van der Waals surface area contributed by atoms with E-state index in [2.05, 4.69) is 40.8 Å². The van der Waals surface area contributed by atoms with Crippen molar-refractivity contribution in [3.8, 4) is 0 Å². The van der Waals surface area contributed by atoms with Crippen molar-refractivity contribution in [2.75, 3.05) is 6.61 Å². The van der Waals surface area contributed by atoms with Gasteiger partial charge in [0.05, 0.1) is 17.6 Å². The van der Waals surface area contributed by atoms with E-state index >= 15 is 0 Å². The monoisotopic (exact) mass is 413 g/mol. The van der Waals surface area contributed by atoms with Gasteiger partial charge in [-0.1, -0.05) is 39.5 Å². The second kappa shape index (κ2) is 7.20. The maximum absolute atomic E-state index is 13.3. The molecule has 1 unspecified atom stereocenters. The van der Waals surface area contributed by atoms with Gasteiger partial charge in [-0.05, 0) is 37.8 Å². The Balaban J connectivity index is 1.98. The number of β-lactam (4-membered cyclic amide) rings is 1. The molecule has 1 N–H and O–H groups in total. The van der Waals surface area contributed by atoms with Crippen LogP contribution in [0.4, 0.5) is 0 Å². The average molecular weight is 414 g/mol. The fraction of sp³-hybridized carbons (Fsp3) is 0.789. The molecule has 0 aromatic carbocycles. The Kier molecular flexibility index (Phi) is 5.57. The summed E-state index contributed by atoms with van der Waals surface area (Å²) >= 11 is 1.51. The molecule has 0 radical (unpaired) electrons. The number of ether oxygens (including phenoxy) is 1. The highest BCUT2D eigenvalue weighted by molar-refractivity contribution is 8.04. The molecule has 6 nitrogen and oxygen atoms in total. The Morgan fingerprint density at radius 3 is 2.52 bits per heavy atom. The molecule has 4 atom stereocenters. The van der Waals surface area contributed by atoms with Crippen molar-refractivity contribution >= 4 is 32.7 Å². The van der Waals surface area contributed by atoms with Gasteiger partial charge in [-0.3, -0.25) is 9.69 Å². The van der Waals surface area contributed by atoms with Gasteiger partial charge in [0.1, 0.15) is 11.1 Å². The molecule has 1 amide bonds. The molecular weight excluding hydrogens is 382 g/mol. The van der Waals surface area contributed by atoms with Crippen LogP contribution in [0, 0.1) is 11.3 Å². The van der Waals surface area contributed by atoms with Crippen LogP contribution in [-0.2, 0) is 18.8 Å². The minimum Gasteiger partial charge on any atom is -0.477 e. The van der Waals surface area contributed by atoms with E-state index in [1.165, 1.54) is 16.7 Å². The molecule has 0 spiro atoms. The predicted molar refractivity (Wildman–Crippen MR) is 108 cm³/mol. The zero-order valence-corrected chi connectivity index (χ0v) is 19.0. The van der Waals surface area contributed by atoms with Crippen molar-refractivity contribution in [3.63, 3.8) is 0 Å². The van der Waals surface area contributed by atoms with Crippen molar-refractivity contribution in [3.05, 3.63) is 10.6 Å². The summed E-state index contributed by atoms with van der Waals surface area (Å²) < 4.78 is 12.3. The van der Waals surface area contributed by atoms with Gasteiger partial charge in [-0.2, -0.15) is 0 Å². The number of fused-ring (bicyclic) bond motifs is 1. The Morgan fingerprint density at radius 1 is 1.41 bits per heavy atom. The maximum Gasteiger partial charge on any atom is 0.353 e. The van der Waals surface area contributed by atoms with Gasteiger partial charge in [-0.15, -0.1) is 0 Å². The number of thioether (sulfide) groups is 1. The molecule has 2 saturated heterocycles. The van der Waals surface area contributed by atoms with E-state index in [1.54, 1.807) is 0 Å². The van der Waals surface area contributed by atoms with Gasteiger partial charge in [0.15, 0.2) is 9.04 Å². The van der Waals surface area contributed by atoms with Crippen molar-refractivity contribution in [2.24, 2.45) is 11.3 Å². The highest BCUT2D eigenvalue weighted by atomic mass is 32.2. The van der Waals surface area contributed by atoms with Crippen LogP contribution in [0.3, 0.4) is 0 Å². The molecule has 3 heterocycles. The zero-order chi connectivity index (χ0) is 20.1. The topological polar surface area (TPSA) is 76.1 Å². The maximum atomic E-state index is 13.3. The number of carbonyl (C=O) groups is 2. The number of rotatable bonds is 6. The SMILES string of the molecule is CC[C@](O[SiH](C)C)([C@@H]1C(=O)N2C(C(=O)O)=C(C3CCCO3)S[C@@H]12)C(C)(C)C. The molecule has 3 rings (SSSR count). The summed E-state index contributed by atoms with van der Waals surface area (Å²) in [5.74, 6) is -1.50. The third-order valence-electron chi connectivity index (χ3n) is 5.93. The van der Waals surface area contributed by atoms with E-state index in [-0.39, 0.29) is 34.4 Å². The standard InChI is InChI=1S/C19H31NO5SSi/c1-7-19(18(2,3)4,25-27(5)6)12-15(21)20-13(17(22)23)14(26-16(12)20)11-9-8-10-24-11/h11-12,16,27H,7-10H2,1-6H3,(H,22,23)/t11?,12-,16+,19+/m1/s1. The van der Waals surface area contributed by atoms with Crippen molar-refractivity contribution < 1.29 is 23.9 Å². The van der Waals surface area contributed by atoms with Gasteiger partial charge in [0.25, 0.3) is 0 Å². The number of hydrogen-bond donors (Lipinski definition) is 1. The molecule has 2 fully saturated rings. The van der Waals surface area contributed by atoms with Crippen molar-refractivity contribution in [1.82, 2.24) is 4.90 Å². The third-order valence-corrected chi connectivity index (χ3v) is 8.26. The first-order valence-corrected chi connectivity index (χ1v) is 13.5. The second-order valence-electron chi connectivity index (χ2n) is 8.87. The van der Waals surface area contributed by atoms with E-state index in [9.17, 15) is 14.7 Å². The normalized spacial score (nSPS) is 30.6. The lowest BCUT2D eigenvalue weighted by atomic mass is 9.64. The van der Waals surface area contributed by atoms with Crippen LogP contribution in [0.1, 0.15) is 47.0 Å². The molecule has 3 aliphatic heterocycles. The molecule has 0 aromatic rings. The molecule has 3 aliphatic rings. The summed E-state index contributed by atoms with van der Waals surface area (Å²) in [7, 11) is -1.42. The number of carboxylic acid groups (broad SMARTS) is 1. The summed E-state index contributed by atoms with van der Waals surface area (Å²) in [6.45, 7) is 13.3. The van der Waals surface area contributed by atoms with E-state index in [1.807, 2.05) is 0 Å². The van der Waals surface area contributed by atoms with Crippen LogP contribution >= 0.6 is 11.8 Å². The lowest BCUT2D eigenvalue weighted by Crippen LogP contribution is -2.70. The molecule has 0 aliphatic carbocycles. The molecule has 152 valence electrons. The fourth-order valence-corrected chi connectivity index (χ4v) is 7.94. The Labute approximate surface area is 167 Å². The first-order chi connectivity index (χ1) is 12.5. The molecular formula is C19H31NO5SSi. The zero-order valence-electron chi connectivity index (χ0n) is 17.1. The second-order valence-corrected chi connectivity index (χ2v) is 12.4. The van der Waals surface area contributed by atoms with Crippen LogP contribution in [0.2, 0.25) is 13.1 Å². The Bertz CT molecular complexity index is 668. The smallest absolute Gasteiger partial charge is 0.353 e. The lowest BCUT2D eigenvalue weighted by Gasteiger charge is -2.57. The average Bonchev–Trinajstić information content (AvgIpc) is 3.17. The van der Waals surface area contributed by atoms with E-state index in [0.717, 1.165) is 19.3 Å². The third kappa shape index (κ3) is 3.18. The predicted octanol–water partition coefficient (Wildman–Crippen LogP) is 3.19. The van der Waals surface area contributed by atoms with Crippen LogP contribution in [0.25, 0.3) is 0 Å². The van der Waals surface area contributed by atoms with Crippen molar-refractivity contribution in [1.29, 1.82) is 0 Å². The summed E-state index contributed by atoms with van der Waals surface area (Å²) in [5.41, 5.74) is -0.699. The minimum atomic E-state index is -1.42. The van der Waals surface area contributed by atoms with Crippen molar-refractivity contribution in [2.45, 2.75) is 77.1 Å². The number of aliphatic carboxylic acids is 1. The highest BCUT2D eigenvalue weighted by Gasteiger charge is 2.66. The molecule has 0 bridgehead atoms. The Hall–Kier alpha value is -0.833. The molecule has 0 saturated carbocycles. The van der Waals surface area contributed by atoms with E-state index in [4.69, 9.17) is 9.16 Å². The Morgan fingerprint density at radius 2 is 2.07 bits per heavy atom. The van der Waals surface area contributed by atoms with Gasteiger partial charge >= 0.3 is 5.97 Å². The number of carbonyl (C=O) groups excluding carboxylic acids is 1. The molecule has 8 heteroatoms. The number of nitrogens with zero attached hydrogens (tertiary/aromatic N) is 1. The summed E-state index contributed by atoms with van der Waals surface area (Å²) in [5, 5.41) is 9.58. The van der Waals surface area contributed by atoms with E-state index < -0.39 is 20.6 Å². The number of amides is 1. The van der Waals surface area contributed by atoms with Gasteiger partial charge < -0.3 is 14.3 Å². The quantitative estimate of drug-likeness (QED) is 0.532. The van der Waals surface area contributed by atoms with Crippen LogP contribution < -0.4 is 0 Å². The highest BCUT2D eigenvalue weighted by Crippen LogP contribution is 2.59. The van der Waals surface area contributed by atoms with Gasteiger partial charge in [-0.25, -0.2) is 4.79 Å². The number of carboxylic acids is 1. The number of hydrogen-bond acceptors (Lipinski definition) is 5. The fourth-order valence-electron chi connectivity index (χ4n) is 4.75. The molecule has 27 heavy (non-hydrogen) atoms. The molecule has 0 aromatic heterocycles. The van der Waals surface area contributed by atoms with Crippen LogP contribution in [-0.4, -0.2) is 54.6 Å². The largest absolute Gasteiger partial charge is 0.477 e. The summed E-state index contributed by atoms with van der Waals surface area (Å²) in [6.07, 6.45) is 2.26. The van der Waals surface area contributed by atoms with Gasteiger partial charge in [0.2, 0.25) is 5.91 Å². The lowest BCUT2D eigenvalue weighted by molar-refractivity contribution is -0.177. The first-order valence-electron chi connectivity index (χ1n) is 9.81. The van der Waals surface area contributed by atoms with Gasteiger partial charge in [0, 0.05) is 11.5 Å².